The molecule has 21 heavy (non-hydrogen) atoms. The van der Waals surface area contributed by atoms with Crippen LogP contribution in [0.25, 0.3) is 0 Å². The van der Waals surface area contributed by atoms with Gasteiger partial charge in [0.25, 0.3) is 0 Å². The van der Waals surface area contributed by atoms with Gasteiger partial charge in [0.05, 0.1) is 11.5 Å². The van der Waals surface area contributed by atoms with Gasteiger partial charge < -0.3 is 11.1 Å². The Morgan fingerprint density at radius 3 is 2.57 bits per heavy atom. The van der Waals surface area contributed by atoms with Crippen molar-refractivity contribution in [2.45, 2.75) is 31.5 Å². The van der Waals surface area contributed by atoms with E-state index < -0.39 is 23.5 Å². The fraction of sp³-hybridized carbons (Fsp3) is 0.500. The Bertz CT molecular complexity index is 526. The summed E-state index contributed by atoms with van der Waals surface area (Å²) in [7, 11) is 0. The maximum atomic E-state index is 13.2. The van der Waals surface area contributed by atoms with Crippen LogP contribution < -0.4 is 11.1 Å². The van der Waals surface area contributed by atoms with Crippen LogP contribution in [0.2, 0.25) is 0 Å². The number of benzene rings is 1. The first-order valence-electron chi connectivity index (χ1n) is 6.67. The van der Waals surface area contributed by atoms with Crippen molar-refractivity contribution >= 4 is 5.91 Å². The molecule has 0 radical (unpaired) electrons. The lowest BCUT2D eigenvalue weighted by Crippen LogP contribution is -2.37. The van der Waals surface area contributed by atoms with Crippen molar-refractivity contribution in [3.63, 3.8) is 0 Å². The number of amides is 1. The van der Waals surface area contributed by atoms with Crippen molar-refractivity contribution in [2.75, 3.05) is 6.54 Å². The quantitative estimate of drug-likeness (QED) is 0.820. The molecule has 1 fully saturated rings. The molecule has 0 bridgehead atoms. The van der Waals surface area contributed by atoms with Gasteiger partial charge in [-0.3, -0.25) is 4.79 Å². The Kier molecular flexibility index (Phi) is 4.51. The molecule has 7 heteroatoms. The summed E-state index contributed by atoms with van der Waals surface area (Å²) in [5.41, 5.74) is 4.43. The lowest BCUT2D eigenvalue weighted by atomic mass is 9.97. The van der Waals surface area contributed by atoms with Gasteiger partial charge in [-0.1, -0.05) is 6.07 Å². The molecule has 0 spiro atoms. The molecule has 1 aliphatic carbocycles. The average molecular weight is 304 g/mol. The van der Waals surface area contributed by atoms with E-state index in [2.05, 4.69) is 5.32 Å². The number of halogens is 4. The lowest BCUT2D eigenvalue weighted by Gasteiger charge is -2.16. The fourth-order valence-electron chi connectivity index (χ4n) is 2.03. The predicted octanol–water partition coefficient (Wildman–Crippen LogP) is 2.24. The monoisotopic (exact) mass is 304 g/mol. The first-order chi connectivity index (χ1) is 9.81. The number of rotatable bonds is 5. The zero-order valence-electron chi connectivity index (χ0n) is 11.2. The van der Waals surface area contributed by atoms with E-state index in [-0.39, 0.29) is 30.5 Å². The predicted molar refractivity (Wildman–Crippen MR) is 68.8 cm³/mol. The standard InChI is InChI=1S/C14H16F4N2O/c15-12-4-1-8(6-11(12)14(16,17)18)5-9(7-19)13(21)20-10-2-3-10/h1,4,6,9-10H,2-3,5,7,19H2,(H,20,21). The van der Waals surface area contributed by atoms with Crippen LogP contribution in [0.4, 0.5) is 17.6 Å². The number of nitrogens with two attached hydrogens (primary N) is 1. The first-order valence-corrected chi connectivity index (χ1v) is 6.67. The Balaban J connectivity index is 2.11. The second-order valence-electron chi connectivity index (χ2n) is 5.23. The van der Waals surface area contributed by atoms with Crippen molar-refractivity contribution in [1.82, 2.24) is 5.32 Å². The maximum Gasteiger partial charge on any atom is 0.419 e. The second kappa shape index (κ2) is 6.01. The molecule has 3 N–H and O–H groups in total. The smallest absolute Gasteiger partial charge is 0.353 e. The van der Waals surface area contributed by atoms with Crippen LogP contribution in [0.5, 0.6) is 0 Å². The highest BCUT2D eigenvalue weighted by molar-refractivity contribution is 5.79. The van der Waals surface area contributed by atoms with E-state index in [0.717, 1.165) is 25.0 Å². The fourth-order valence-corrected chi connectivity index (χ4v) is 2.03. The van der Waals surface area contributed by atoms with E-state index in [9.17, 15) is 22.4 Å². The molecule has 0 heterocycles. The van der Waals surface area contributed by atoms with Gasteiger partial charge >= 0.3 is 6.18 Å². The molecule has 0 aromatic heterocycles. The number of nitrogens with one attached hydrogen (secondary N) is 1. The van der Waals surface area contributed by atoms with Gasteiger partial charge in [0.1, 0.15) is 5.82 Å². The third-order valence-electron chi connectivity index (χ3n) is 3.40. The summed E-state index contributed by atoms with van der Waals surface area (Å²) in [6.45, 7) is 0.0251. The van der Waals surface area contributed by atoms with Crippen LogP contribution in [0.3, 0.4) is 0 Å². The third-order valence-corrected chi connectivity index (χ3v) is 3.40. The highest BCUT2D eigenvalue weighted by atomic mass is 19.4. The Labute approximate surface area is 119 Å². The highest BCUT2D eigenvalue weighted by Crippen LogP contribution is 2.32. The van der Waals surface area contributed by atoms with Crippen molar-refractivity contribution in [3.05, 3.63) is 35.1 Å². The summed E-state index contributed by atoms with van der Waals surface area (Å²) in [5, 5.41) is 2.77. The first kappa shape index (κ1) is 15.8. The molecule has 1 aromatic rings. The second-order valence-corrected chi connectivity index (χ2v) is 5.23. The minimum atomic E-state index is -4.76. The van der Waals surface area contributed by atoms with Crippen LogP contribution >= 0.6 is 0 Å². The van der Waals surface area contributed by atoms with Gasteiger partial charge in [0.2, 0.25) is 5.91 Å². The molecule has 1 saturated carbocycles. The SMILES string of the molecule is NCC(Cc1ccc(F)c(C(F)(F)F)c1)C(=O)NC1CC1. The summed E-state index contributed by atoms with van der Waals surface area (Å²) in [5.74, 6) is -2.20. The van der Waals surface area contributed by atoms with Gasteiger partial charge in [-0.25, -0.2) is 4.39 Å². The number of alkyl halides is 3. The van der Waals surface area contributed by atoms with E-state index in [1.807, 2.05) is 0 Å². The van der Waals surface area contributed by atoms with Gasteiger partial charge in [-0.2, -0.15) is 13.2 Å². The Morgan fingerprint density at radius 1 is 1.38 bits per heavy atom. The average Bonchev–Trinajstić information content (AvgIpc) is 3.20. The van der Waals surface area contributed by atoms with E-state index in [1.54, 1.807) is 0 Å². The van der Waals surface area contributed by atoms with Crippen molar-refractivity contribution in [3.8, 4) is 0 Å². The highest BCUT2D eigenvalue weighted by Gasteiger charge is 2.34. The molecular weight excluding hydrogens is 288 g/mol. The zero-order chi connectivity index (χ0) is 15.6. The number of hydrogen-bond donors (Lipinski definition) is 2. The van der Waals surface area contributed by atoms with Crippen LogP contribution in [0.1, 0.15) is 24.0 Å². The minimum Gasteiger partial charge on any atom is -0.353 e. The Morgan fingerprint density at radius 2 is 2.05 bits per heavy atom. The molecule has 3 nitrogen and oxygen atoms in total. The molecule has 0 saturated heterocycles. The normalized spacial score (nSPS) is 16.6. The largest absolute Gasteiger partial charge is 0.419 e. The number of carbonyl (C=O) groups is 1. The van der Waals surface area contributed by atoms with Crippen LogP contribution in [-0.2, 0) is 17.4 Å². The minimum absolute atomic E-state index is 0.0251. The van der Waals surface area contributed by atoms with Crippen LogP contribution in [0.15, 0.2) is 18.2 Å². The molecule has 116 valence electrons. The van der Waals surface area contributed by atoms with Crippen molar-refractivity contribution in [1.29, 1.82) is 0 Å². The Hall–Kier alpha value is -1.63. The molecule has 1 unspecified atom stereocenters. The number of carbonyl (C=O) groups excluding carboxylic acids is 1. The van der Waals surface area contributed by atoms with Gasteiger partial charge in [0.15, 0.2) is 0 Å². The van der Waals surface area contributed by atoms with E-state index in [0.29, 0.717) is 0 Å². The summed E-state index contributed by atoms with van der Waals surface area (Å²) in [4.78, 5) is 11.9. The summed E-state index contributed by atoms with van der Waals surface area (Å²) in [6.07, 6.45) is -2.87. The third kappa shape index (κ3) is 4.17. The van der Waals surface area contributed by atoms with Crippen molar-refractivity contribution in [2.24, 2.45) is 11.7 Å². The van der Waals surface area contributed by atoms with Crippen LogP contribution in [-0.4, -0.2) is 18.5 Å². The lowest BCUT2D eigenvalue weighted by molar-refractivity contribution is -0.140. The number of hydrogen-bond acceptors (Lipinski definition) is 2. The van der Waals surface area contributed by atoms with E-state index in [1.165, 1.54) is 6.07 Å². The molecular formula is C14H16F4N2O. The molecule has 0 aliphatic heterocycles. The summed E-state index contributed by atoms with van der Waals surface area (Å²) < 4.78 is 51.1. The van der Waals surface area contributed by atoms with Gasteiger partial charge in [-0.15, -0.1) is 0 Å². The van der Waals surface area contributed by atoms with E-state index in [4.69, 9.17) is 5.73 Å². The molecule has 1 aromatic carbocycles. The van der Waals surface area contributed by atoms with Gasteiger partial charge in [0, 0.05) is 12.6 Å². The molecule has 2 rings (SSSR count). The summed E-state index contributed by atoms with van der Waals surface area (Å²) in [6, 6.07) is 2.91. The van der Waals surface area contributed by atoms with Crippen LogP contribution in [0, 0.1) is 11.7 Å². The molecule has 1 amide bonds. The molecule has 1 aliphatic rings. The van der Waals surface area contributed by atoms with E-state index >= 15 is 0 Å². The van der Waals surface area contributed by atoms with Crippen molar-refractivity contribution < 1.29 is 22.4 Å². The zero-order valence-corrected chi connectivity index (χ0v) is 11.2. The van der Waals surface area contributed by atoms with Gasteiger partial charge in [-0.05, 0) is 37.0 Å². The summed E-state index contributed by atoms with van der Waals surface area (Å²) >= 11 is 0. The maximum absolute atomic E-state index is 13.2. The topological polar surface area (TPSA) is 55.1 Å². The molecule has 1 atom stereocenters.